The highest BCUT2D eigenvalue weighted by Crippen LogP contribution is 2.07. The minimum absolute atomic E-state index is 0. The van der Waals surface area contributed by atoms with Crippen molar-refractivity contribution < 1.29 is 13.6 Å². The summed E-state index contributed by atoms with van der Waals surface area (Å²) in [7, 11) is 0. The van der Waals surface area contributed by atoms with E-state index in [-0.39, 0.29) is 18.0 Å². The third-order valence-corrected chi connectivity index (χ3v) is 3.05. The first-order chi connectivity index (χ1) is 9.15. The number of hydrogen-bond donors (Lipinski definition) is 2. The second-order valence-corrected chi connectivity index (χ2v) is 4.51. The van der Waals surface area contributed by atoms with Gasteiger partial charge in [0.05, 0.1) is 0 Å². The fourth-order valence-corrected chi connectivity index (χ4v) is 2.05. The van der Waals surface area contributed by atoms with Crippen LogP contribution in [0.3, 0.4) is 0 Å². The van der Waals surface area contributed by atoms with Crippen LogP contribution in [0.15, 0.2) is 18.2 Å². The van der Waals surface area contributed by atoms with Crippen molar-refractivity contribution in [2.24, 2.45) is 0 Å². The Hall–Kier alpha value is -1.24. The standard InChI is InChI=1S/C13H17F2N3O.ClH/c14-11-7-10(8-12(15)9-11)13(19)17-3-6-18-4-1-16-2-5-18;/h7-9,16H,1-6H2,(H,17,19);1H. The van der Waals surface area contributed by atoms with Gasteiger partial charge in [-0.15, -0.1) is 12.4 Å². The molecule has 7 heteroatoms. The normalized spacial score (nSPS) is 15.5. The molecule has 20 heavy (non-hydrogen) atoms. The van der Waals surface area contributed by atoms with Crippen LogP contribution < -0.4 is 10.6 Å². The topological polar surface area (TPSA) is 44.4 Å². The summed E-state index contributed by atoms with van der Waals surface area (Å²) in [6.07, 6.45) is 0. The molecule has 0 spiro atoms. The van der Waals surface area contributed by atoms with Crippen molar-refractivity contribution in [3.8, 4) is 0 Å². The molecule has 1 aromatic carbocycles. The average molecular weight is 306 g/mol. The molecule has 2 rings (SSSR count). The fourth-order valence-electron chi connectivity index (χ4n) is 2.05. The van der Waals surface area contributed by atoms with Gasteiger partial charge in [-0.3, -0.25) is 9.69 Å². The van der Waals surface area contributed by atoms with Gasteiger partial charge in [0.1, 0.15) is 11.6 Å². The number of carbonyl (C=O) groups excluding carboxylic acids is 1. The van der Waals surface area contributed by atoms with E-state index in [2.05, 4.69) is 15.5 Å². The maximum absolute atomic E-state index is 13.0. The van der Waals surface area contributed by atoms with Gasteiger partial charge in [0.15, 0.2) is 0 Å². The summed E-state index contributed by atoms with van der Waals surface area (Å²) in [5.41, 5.74) is 0.0119. The van der Waals surface area contributed by atoms with Gasteiger partial charge >= 0.3 is 0 Å². The molecule has 1 saturated heterocycles. The quantitative estimate of drug-likeness (QED) is 0.873. The molecule has 1 amide bonds. The van der Waals surface area contributed by atoms with Gasteiger partial charge in [0, 0.05) is 50.9 Å². The first-order valence-electron chi connectivity index (χ1n) is 6.32. The van der Waals surface area contributed by atoms with Gasteiger partial charge in [0.25, 0.3) is 5.91 Å². The number of nitrogens with zero attached hydrogens (tertiary/aromatic N) is 1. The van der Waals surface area contributed by atoms with Crippen molar-refractivity contribution in [1.82, 2.24) is 15.5 Å². The number of piperazine rings is 1. The van der Waals surface area contributed by atoms with Gasteiger partial charge in [-0.25, -0.2) is 8.78 Å². The predicted molar refractivity (Wildman–Crippen MR) is 75.2 cm³/mol. The second-order valence-electron chi connectivity index (χ2n) is 4.51. The van der Waals surface area contributed by atoms with Crippen molar-refractivity contribution in [2.45, 2.75) is 0 Å². The number of hydrogen-bond acceptors (Lipinski definition) is 3. The Bertz CT molecular complexity index is 433. The van der Waals surface area contributed by atoms with Crippen LogP contribution in [-0.4, -0.2) is 50.1 Å². The van der Waals surface area contributed by atoms with Gasteiger partial charge in [-0.1, -0.05) is 0 Å². The Morgan fingerprint density at radius 2 is 1.80 bits per heavy atom. The first-order valence-corrected chi connectivity index (χ1v) is 6.32. The lowest BCUT2D eigenvalue weighted by Gasteiger charge is -2.27. The summed E-state index contributed by atoms with van der Waals surface area (Å²) in [5.74, 6) is -1.94. The van der Waals surface area contributed by atoms with Gasteiger partial charge in [0.2, 0.25) is 0 Å². The van der Waals surface area contributed by atoms with Crippen molar-refractivity contribution >= 4 is 18.3 Å². The lowest BCUT2D eigenvalue weighted by Crippen LogP contribution is -2.46. The van der Waals surface area contributed by atoms with Crippen LogP contribution in [0.2, 0.25) is 0 Å². The minimum atomic E-state index is -0.743. The van der Waals surface area contributed by atoms with Crippen LogP contribution in [0.4, 0.5) is 8.78 Å². The molecular formula is C13H18ClF2N3O. The third kappa shape index (κ3) is 5.03. The summed E-state index contributed by atoms with van der Waals surface area (Å²) in [5, 5.41) is 5.91. The summed E-state index contributed by atoms with van der Waals surface area (Å²) in [4.78, 5) is 13.9. The second kappa shape index (κ2) is 8.14. The molecule has 0 unspecified atom stereocenters. The highest BCUT2D eigenvalue weighted by Gasteiger charge is 2.11. The van der Waals surface area contributed by atoms with Crippen LogP contribution >= 0.6 is 12.4 Å². The van der Waals surface area contributed by atoms with E-state index in [9.17, 15) is 13.6 Å². The predicted octanol–water partition coefficient (Wildman–Crippen LogP) is 1.02. The number of benzene rings is 1. The lowest BCUT2D eigenvalue weighted by atomic mass is 10.2. The van der Waals surface area contributed by atoms with Crippen LogP contribution in [0, 0.1) is 11.6 Å². The Kier molecular flexibility index (Phi) is 6.84. The number of amides is 1. The number of carbonyl (C=O) groups is 1. The number of halogens is 3. The number of rotatable bonds is 4. The van der Waals surface area contributed by atoms with E-state index in [1.54, 1.807) is 0 Å². The van der Waals surface area contributed by atoms with Crippen LogP contribution in [0.5, 0.6) is 0 Å². The molecule has 112 valence electrons. The molecule has 0 atom stereocenters. The number of nitrogens with one attached hydrogen (secondary N) is 2. The van der Waals surface area contributed by atoms with Crippen molar-refractivity contribution in [3.63, 3.8) is 0 Å². The van der Waals surface area contributed by atoms with E-state index in [0.29, 0.717) is 6.54 Å². The average Bonchev–Trinajstić information content (AvgIpc) is 2.38. The molecule has 0 aliphatic carbocycles. The van der Waals surface area contributed by atoms with Crippen LogP contribution in [0.25, 0.3) is 0 Å². The maximum Gasteiger partial charge on any atom is 0.251 e. The molecule has 1 heterocycles. The molecule has 0 aromatic heterocycles. The molecule has 0 bridgehead atoms. The summed E-state index contributed by atoms with van der Waals surface area (Å²) < 4.78 is 25.9. The van der Waals surface area contributed by atoms with E-state index >= 15 is 0 Å². The van der Waals surface area contributed by atoms with Crippen molar-refractivity contribution in [3.05, 3.63) is 35.4 Å². The molecular weight excluding hydrogens is 288 g/mol. The Labute approximate surface area is 122 Å². The van der Waals surface area contributed by atoms with E-state index in [4.69, 9.17) is 0 Å². The summed E-state index contributed by atoms with van der Waals surface area (Å²) in [6, 6.07) is 2.81. The Balaban J connectivity index is 0.00000200. The maximum atomic E-state index is 13.0. The molecule has 0 radical (unpaired) electrons. The third-order valence-electron chi connectivity index (χ3n) is 3.05. The first kappa shape index (κ1) is 16.8. The zero-order valence-electron chi connectivity index (χ0n) is 11.0. The molecule has 2 N–H and O–H groups in total. The highest BCUT2D eigenvalue weighted by molar-refractivity contribution is 5.94. The van der Waals surface area contributed by atoms with Gasteiger partial charge in [-0.05, 0) is 12.1 Å². The molecule has 4 nitrogen and oxygen atoms in total. The van der Waals surface area contributed by atoms with E-state index < -0.39 is 17.5 Å². The molecule has 1 aliphatic rings. The molecule has 1 aliphatic heterocycles. The largest absolute Gasteiger partial charge is 0.351 e. The van der Waals surface area contributed by atoms with E-state index in [1.807, 2.05) is 0 Å². The molecule has 1 fully saturated rings. The van der Waals surface area contributed by atoms with Crippen molar-refractivity contribution in [1.29, 1.82) is 0 Å². The minimum Gasteiger partial charge on any atom is -0.351 e. The van der Waals surface area contributed by atoms with Crippen LogP contribution in [-0.2, 0) is 0 Å². The Morgan fingerprint density at radius 3 is 2.40 bits per heavy atom. The van der Waals surface area contributed by atoms with Gasteiger partial charge in [-0.2, -0.15) is 0 Å². The highest BCUT2D eigenvalue weighted by atomic mass is 35.5. The van der Waals surface area contributed by atoms with Crippen molar-refractivity contribution in [2.75, 3.05) is 39.3 Å². The monoisotopic (exact) mass is 305 g/mol. The van der Waals surface area contributed by atoms with Crippen LogP contribution in [0.1, 0.15) is 10.4 Å². The fraction of sp³-hybridized carbons (Fsp3) is 0.462. The van der Waals surface area contributed by atoms with E-state index in [0.717, 1.165) is 50.9 Å². The summed E-state index contributed by atoms with van der Waals surface area (Å²) >= 11 is 0. The Morgan fingerprint density at radius 1 is 1.20 bits per heavy atom. The lowest BCUT2D eigenvalue weighted by molar-refractivity contribution is 0.0946. The zero-order valence-corrected chi connectivity index (χ0v) is 11.8. The summed E-state index contributed by atoms with van der Waals surface area (Å²) in [6.45, 7) is 5.00. The van der Waals surface area contributed by atoms with E-state index in [1.165, 1.54) is 0 Å². The zero-order chi connectivity index (χ0) is 13.7. The van der Waals surface area contributed by atoms with Gasteiger partial charge < -0.3 is 10.6 Å². The smallest absolute Gasteiger partial charge is 0.251 e. The molecule has 0 saturated carbocycles. The SMILES string of the molecule is Cl.O=C(NCCN1CCNCC1)c1cc(F)cc(F)c1. The molecule has 1 aromatic rings.